The maximum absolute atomic E-state index is 13.0. The van der Waals surface area contributed by atoms with E-state index in [0.29, 0.717) is 38.2 Å². The summed E-state index contributed by atoms with van der Waals surface area (Å²) in [5, 5.41) is 2.78. The molecule has 0 atom stereocenters. The first-order valence-corrected chi connectivity index (χ1v) is 11.6. The van der Waals surface area contributed by atoms with E-state index in [1.807, 2.05) is 4.90 Å². The molecule has 1 saturated heterocycles. The molecule has 1 aliphatic heterocycles. The number of carbonyl (C=O) groups excluding carboxylic acids is 1. The number of sulfone groups is 1. The van der Waals surface area contributed by atoms with Crippen LogP contribution in [-0.2, 0) is 21.1 Å². The lowest BCUT2D eigenvalue weighted by Gasteiger charge is -2.34. The zero-order valence-corrected chi connectivity index (χ0v) is 18.1. The van der Waals surface area contributed by atoms with Gasteiger partial charge in [0.2, 0.25) is 5.78 Å². The monoisotopic (exact) mass is 441 g/mol. The highest BCUT2D eigenvalue weighted by Gasteiger charge is 2.29. The fourth-order valence-electron chi connectivity index (χ4n) is 3.58. The highest BCUT2D eigenvalue weighted by Crippen LogP contribution is 2.38. The van der Waals surface area contributed by atoms with Crippen molar-refractivity contribution in [1.29, 1.82) is 0 Å². The van der Waals surface area contributed by atoms with E-state index >= 15 is 0 Å². The summed E-state index contributed by atoms with van der Waals surface area (Å²) < 4.78 is 31.4. The molecule has 0 amide bonds. The molecule has 1 N–H and O–H groups in total. The number of nitrogens with one attached hydrogen (secondary N) is 1. The Morgan fingerprint density at radius 1 is 1.28 bits per heavy atom. The molecule has 0 unspecified atom stereocenters. The molecule has 1 aromatic heterocycles. The van der Waals surface area contributed by atoms with Crippen molar-refractivity contribution in [3.8, 4) is 0 Å². The van der Waals surface area contributed by atoms with Gasteiger partial charge < -0.3 is 14.7 Å². The first kappa shape index (κ1) is 21.6. The number of ether oxygens (including phenoxy) is 1. The van der Waals surface area contributed by atoms with Gasteiger partial charge in [0.15, 0.2) is 9.84 Å². The molecule has 1 fully saturated rings. The van der Waals surface area contributed by atoms with Gasteiger partial charge in [0, 0.05) is 44.8 Å². The standard InChI is InChI=1S/C19H24ClN3O5S/c1-4-23-19(25)14(11-21-23)18(24)13-5-6-15(29(3,26)27)17(16(13)20)22-9-7-12(28-2)8-10-22/h5-6,11-12,21H,4,7-10H2,1-3H3. The van der Waals surface area contributed by atoms with Crippen molar-refractivity contribution in [2.75, 3.05) is 31.4 Å². The highest BCUT2D eigenvalue weighted by molar-refractivity contribution is 7.90. The molecule has 10 heteroatoms. The average Bonchev–Trinajstić information content (AvgIpc) is 3.07. The third-order valence-corrected chi connectivity index (χ3v) is 6.73. The van der Waals surface area contributed by atoms with Crippen molar-refractivity contribution < 1.29 is 17.9 Å². The molecular weight excluding hydrogens is 418 g/mol. The van der Waals surface area contributed by atoms with Gasteiger partial charge in [0.05, 0.1) is 21.7 Å². The Morgan fingerprint density at radius 2 is 1.93 bits per heavy atom. The smallest absolute Gasteiger partial charge is 0.277 e. The molecule has 0 radical (unpaired) electrons. The quantitative estimate of drug-likeness (QED) is 0.689. The highest BCUT2D eigenvalue weighted by atomic mass is 35.5. The third-order valence-electron chi connectivity index (χ3n) is 5.22. The van der Waals surface area contributed by atoms with Crippen LogP contribution < -0.4 is 10.5 Å². The number of halogens is 1. The topological polar surface area (TPSA) is 101 Å². The van der Waals surface area contributed by atoms with Crippen molar-refractivity contribution in [2.45, 2.75) is 37.3 Å². The zero-order chi connectivity index (χ0) is 21.3. The van der Waals surface area contributed by atoms with Crippen LogP contribution in [0.25, 0.3) is 0 Å². The van der Waals surface area contributed by atoms with Crippen molar-refractivity contribution in [1.82, 2.24) is 9.78 Å². The van der Waals surface area contributed by atoms with E-state index in [4.69, 9.17) is 16.3 Å². The Labute approximate surface area is 174 Å². The summed E-state index contributed by atoms with van der Waals surface area (Å²) in [4.78, 5) is 27.3. The Bertz CT molecular complexity index is 1080. The van der Waals surface area contributed by atoms with Crippen LogP contribution >= 0.6 is 11.6 Å². The summed E-state index contributed by atoms with van der Waals surface area (Å²) in [5.74, 6) is -0.545. The molecule has 0 aliphatic carbocycles. The van der Waals surface area contributed by atoms with Gasteiger partial charge in [-0.25, -0.2) is 8.42 Å². The van der Waals surface area contributed by atoms with Gasteiger partial charge in [0.1, 0.15) is 5.56 Å². The number of hydrogen-bond donors (Lipinski definition) is 1. The van der Waals surface area contributed by atoms with Crippen LogP contribution in [0.2, 0.25) is 5.02 Å². The van der Waals surface area contributed by atoms with Crippen LogP contribution in [0.3, 0.4) is 0 Å². The number of carbonyl (C=O) groups is 1. The van der Waals surface area contributed by atoms with Gasteiger partial charge >= 0.3 is 0 Å². The molecule has 0 spiro atoms. The van der Waals surface area contributed by atoms with Crippen LogP contribution in [0.4, 0.5) is 5.69 Å². The van der Waals surface area contributed by atoms with E-state index in [0.717, 1.165) is 6.26 Å². The number of rotatable bonds is 6. The first-order valence-electron chi connectivity index (χ1n) is 9.32. The fraction of sp³-hybridized carbons (Fsp3) is 0.474. The lowest BCUT2D eigenvalue weighted by atomic mass is 10.0. The van der Waals surface area contributed by atoms with E-state index in [1.54, 1.807) is 14.0 Å². The fourth-order valence-corrected chi connectivity index (χ4v) is 4.91. The average molecular weight is 442 g/mol. The number of benzene rings is 1. The minimum absolute atomic E-state index is 0.0371. The maximum atomic E-state index is 13.0. The minimum atomic E-state index is -3.58. The van der Waals surface area contributed by atoms with Gasteiger partial charge in [0.25, 0.3) is 5.56 Å². The number of piperidine rings is 1. The van der Waals surface area contributed by atoms with Crippen LogP contribution in [-0.4, -0.2) is 56.5 Å². The number of methoxy groups -OCH3 is 1. The predicted molar refractivity (Wildman–Crippen MR) is 111 cm³/mol. The molecule has 1 aromatic carbocycles. The van der Waals surface area contributed by atoms with Crippen LogP contribution in [0.1, 0.15) is 35.7 Å². The largest absolute Gasteiger partial charge is 0.381 e. The molecule has 2 heterocycles. The molecule has 0 bridgehead atoms. The Balaban J connectivity index is 2.10. The van der Waals surface area contributed by atoms with Crippen LogP contribution in [0.5, 0.6) is 0 Å². The summed E-state index contributed by atoms with van der Waals surface area (Å²) in [5.41, 5.74) is -0.0729. The zero-order valence-electron chi connectivity index (χ0n) is 16.6. The second-order valence-electron chi connectivity index (χ2n) is 7.03. The normalized spacial score (nSPS) is 15.7. The summed E-state index contributed by atoms with van der Waals surface area (Å²) in [7, 11) is -1.93. The SMILES string of the molecule is CCn1[nH]cc(C(=O)c2ccc(S(C)(=O)=O)c(N3CCC(OC)CC3)c2Cl)c1=O. The molecular formula is C19H24ClN3O5S. The number of aromatic nitrogens is 2. The van der Waals surface area contributed by atoms with Gasteiger partial charge in [-0.05, 0) is 31.9 Å². The van der Waals surface area contributed by atoms with E-state index in [9.17, 15) is 18.0 Å². The predicted octanol–water partition coefficient (Wildman–Crippen LogP) is 2.10. The number of ketones is 1. The maximum Gasteiger partial charge on any atom is 0.277 e. The van der Waals surface area contributed by atoms with Crippen LogP contribution in [0, 0.1) is 0 Å². The summed E-state index contributed by atoms with van der Waals surface area (Å²) >= 11 is 6.58. The van der Waals surface area contributed by atoms with E-state index in [1.165, 1.54) is 23.0 Å². The summed E-state index contributed by atoms with van der Waals surface area (Å²) in [6.45, 7) is 3.27. The minimum Gasteiger partial charge on any atom is -0.381 e. The van der Waals surface area contributed by atoms with Gasteiger partial charge in [-0.15, -0.1) is 0 Å². The summed E-state index contributed by atoms with van der Waals surface area (Å²) in [6, 6.07) is 2.76. The number of aromatic amines is 1. The van der Waals surface area contributed by atoms with Gasteiger partial charge in [-0.2, -0.15) is 0 Å². The Morgan fingerprint density at radius 3 is 2.45 bits per heavy atom. The third kappa shape index (κ3) is 4.12. The molecule has 29 heavy (non-hydrogen) atoms. The second-order valence-corrected chi connectivity index (χ2v) is 9.40. The number of hydrogen-bond acceptors (Lipinski definition) is 6. The van der Waals surface area contributed by atoms with Gasteiger partial charge in [-0.3, -0.25) is 14.3 Å². The summed E-state index contributed by atoms with van der Waals surface area (Å²) in [6.07, 6.45) is 3.99. The Hall–Kier alpha value is -2.10. The lowest BCUT2D eigenvalue weighted by Crippen LogP contribution is -2.37. The molecule has 158 valence electrons. The number of anilines is 1. The molecule has 3 rings (SSSR count). The first-order chi connectivity index (χ1) is 13.7. The van der Waals surface area contributed by atoms with Crippen molar-refractivity contribution >= 4 is 32.9 Å². The number of aryl methyl sites for hydroxylation is 1. The van der Waals surface area contributed by atoms with E-state index in [2.05, 4.69) is 5.10 Å². The van der Waals surface area contributed by atoms with Crippen molar-refractivity contribution in [3.05, 3.63) is 44.8 Å². The lowest BCUT2D eigenvalue weighted by molar-refractivity contribution is 0.0818. The van der Waals surface area contributed by atoms with Crippen LogP contribution in [0.15, 0.2) is 28.0 Å². The van der Waals surface area contributed by atoms with E-state index in [-0.39, 0.29) is 27.1 Å². The molecule has 1 aliphatic rings. The Kier molecular flexibility index (Phi) is 6.21. The van der Waals surface area contributed by atoms with Gasteiger partial charge in [-0.1, -0.05) is 11.6 Å². The number of nitrogens with zero attached hydrogens (tertiary/aromatic N) is 2. The van der Waals surface area contributed by atoms with Crippen molar-refractivity contribution in [2.24, 2.45) is 0 Å². The molecule has 8 nitrogen and oxygen atoms in total. The molecule has 0 saturated carbocycles. The second kappa shape index (κ2) is 8.33. The van der Waals surface area contributed by atoms with Crippen molar-refractivity contribution in [3.63, 3.8) is 0 Å². The number of H-pyrrole nitrogens is 1. The molecule has 2 aromatic rings. The van der Waals surface area contributed by atoms with E-state index < -0.39 is 21.2 Å².